The molecular formula is C29H19N. The van der Waals surface area contributed by atoms with Gasteiger partial charge in [-0.3, -0.25) is 0 Å². The molecule has 1 nitrogen and oxygen atoms in total. The van der Waals surface area contributed by atoms with Gasteiger partial charge < -0.3 is 4.57 Å². The fraction of sp³-hybridized carbons (Fsp3) is 0.0345. The summed E-state index contributed by atoms with van der Waals surface area (Å²) in [6.45, 7) is 0. The second-order valence-corrected chi connectivity index (χ2v) is 7.75. The van der Waals surface area contributed by atoms with E-state index < -0.39 is 0 Å². The topological polar surface area (TPSA) is 4.93 Å². The van der Waals surface area contributed by atoms with Crippen molar-refractivity contribution in [1.82, 2.24) is 4.57 Å². The predicted octanol–water partition coefficient (Wildman–Crippen LogP) is 7.04. The molecule has 0 saturated carbocycles. The molecule has 0 spiro atoms. The van der Waals surface area contributed by atoms with Crippen LogP contribution in [0.5, 0.6) is 0 Å². The molecule has 5 aromatic carbocycles. The smallest absolute Gasteiger partial charge is 0.0568 e. The number of nitrogens with zero attached hydrogens (tertiary/aromatic N) is 1. The van der Waals surface area contributed by atoms with Crippen molar-refractivity contribution in [2.75, 3.05) is 0 Å². The lowest BCUT2D eigenvalue weighted by Crippen LogP contribution is -1.89. The lowest BCUT2D eigenvalue weighted by atomic mass is 9.99. The predicted molar refractivity (Wildman–Crippen MR) is 128 cm³/mol. The normalized spacial score (nSPS) is 11.2. The largest absolute Gasteiger partial charge is 0.343 e. The molecule has 0 radical (unpaired) electrons. The maximum atomic E-state index is 3.32. The molecule has 1 aromatic heterocycles. The van der Waals surface area contributed by atoms with Crippen molar-refractivity contribution in [2.45, 2.75) is 0 Å². The highest BCUT2D eigenvalue weighted by atomic mass is 14.9. The number of aromatic nitrogens is 1. The van der Waals surface area contributed by atoms with E-state index in [1.54, 1.807) is 0 Å². The van der Waals surface area contributed by atoms with E-state index in [9.17, 15) is 0 Å². The zero-order chi connectivity index (χ0) is 20.1. The van der Waals surface area contributed by atoms with Crippen LogP contribution in [0, 0.1) is 11.8 Å². The summed E-state index contributed by atoms with van der Waals surface area (Å²) in [4.78, 5) is 0. The van der Waals surface area contributed by atoms with Gasteiger partial charge in [0, 0.05) is 34.3 Å². The molecule has 0 atom stereocenters. The third-order valence-electron chi connectivity index (χ3n) is 6.01. The lowest BCUT2D eigenvalue weighted by Gasteiger charge is -2.07. The molecule has 1 heteroatoms. The van der Waals surface area contributed by atoms with Gasteiger partial charge >= 0.3 is 0 Å². The van der Waals surface area contributed by atoms with Gasteiger partial charge in [0.15, 0.2) is 0 Å². The van der Waals surface area contributed by atoms with E-state index >= 15 is 0 Å². The first-order valence-electron chi connectivity index (χ1n) is 10.2. The van der Waals surface area contributed by atoms with Gasteiger partial charge in [-0.25, -0.2) is 0 Å². The Bertz CT molecular complexity index is 1640. The molecule has 0 fully saturated rings. The van der Waals surface area contributed by atoms with Crippen LogP contribution in [0.2, 0.25) is 0 Å². The molecule has 6 aromatic rings. The van der Waals surface area contributed by atoms with E-state index in [2.05, 4.69) is 90.2 Å². The monoisotopic (exact) mass is 381 g/mol. The van der Waals surface area contributed by atoms with E-state index in [-0.39, 0.29) is 0 Å². The Kier molecular flexibility index (Phi) is 3.66. The van der Waals surface area contributed by atoms with Crippen LogP contribution in [0.1, 0.15) is 11.1 Å². The first-order valence-corrected chi connectivity index (χ1v) is 10.2. The highest BCUT2D eigenvalue weighted by Crippen LogP contribution is 2.36. The van der Waals surface area contributed by atoms with Crippen molar-refractivity contribution < 1.29 is 0 Å². The Morgan fingerprint density at radius 2 is 1.20 bits per heavy atom. The summed E-state index contributed by atoms with van der Waals surface area (Å²) in [5.41, 5.74) is 4.56. The second-order valence-electron chi connectivity index (χ2n) is 7.75. The van der Waals surface area contributed by atoms with Crippen molar-refractivity contribution in [3.8, 4) is 11.8 Å². The molecule has 0 aliphatic rings. The number of aryl methyl sites for hydroxylation is 1. The Morgan fingerprint density at radius 1 is 0.533 bits per heavy atom. The average Bonchev–Trinajstić information content (AvgIpc) is 3.10. The number of benzene rings is 5. The zero-order valence-corrected chi connectivity index (χ0v) is 16.7. The molecule has 6 rings (SSSR count). The molecule has 30 heavy (non-hydrogen) atoms. The van der Waals surface area contributed by atoms with Crippen molar-refractivity contribution in [2.24, 2.45) is 7.05 Å². The summed E-state index contributed by atoms with van der Waals surface area (Å²) in [5.74, 6) is 6.59. The van der Waals surface area contributed by atoms with Crippen LogP contribution in [-0.2, 0) is 7.05 Å². The first kappa shape index (κ1) is 16.9. The van der Waals surface area contributed by atoms with Crippen molar-refractivity contribution in [3.63, 3.8) is 0 Å². The summed E-state index contributed by atoms with van der Waals surface area (Å²) in [6, 6.07) is 34.3. The maximum Gasteiger partial charge on any atom is 0.0568 e. The molecule has 1 heterocycles. The third-order valence-corrected chi connectivity index (χ3v) is 6.01. The van der Waals surface area contributed by atoms with Crippen molar-refractivity contribution in [3.05, 3.63) is 108 Å². The van der Waals surface area contributed by atoms with Gasteiger partial charge in [0.05, 0.1) is 11.0 Å². The molecule has 0 bridgehead atoms. The first-order chi connectivity index (χ1) is 14.8. The number of hydrogen-bond donors (Lipinski definition) is 0. The molecule has 0 aliphatic heterocycles. The quantitative estimate of drug-likeness (QED) is 0.196. The van der Waals surface area contributed by atoms with Gasteiger partial charge in [0.2, 0.25) is 0 Å². The highest BCUT2D eigenvalue weighted by molar-refractivity contribution is 6.22. The second kappa shape index (κ2) is 6.51. The summed E-state index contributed by atoms with van der Waals surface area (Å²) in [7, 11) is 2.16. The lowest BCUT2D eigenvalue weighted by molar-refractivity contribution is 1.02. The Balaban J connectivity index is 1.61. The fourth-order valence-electron chi connectivity index (χ4n) is 4.55. The van der Waals surface area contributed by atoms with Crippen LogP contribution in [0.25, 0.3) is 43.4 Å². The SMILES string of the molecule is Cn1c2cc(C#Cc3ccccc3)ccc2c2ccc3c4ccccc4ccc3c21. The zero-order valence-electron chi connectivity index (χ0n) is 16.7. The highest BCUT2D eigenvalue weighted by Gasteiger charge is 2.12. The Morgan fingerprint density at radius 3 is 2.10 bits per heavy atom. The van der Waals surface area contributed by atoms with Crippen LogP contribution < -0.4 is 0 Å². The van der Waals surface area contributed by atoms with E-state index in [0.29, 0.717) is 0 Å². The average molecular weight is 381 g/mol. The number of hydrogen-bond acceptors (Lipinski definition) is 0. The maximum absolute atomic E-state index is 3.32. The van der Waals surface area contributed by atoms with Gasteiger partial charge in [-0.2, -0.15) is 0 Å². The van der Waals surface area contributed by atoms with Crippen LogP contribution in [-0.4, -0.2) is 4.57 Å². The minimum absolute atomic E-state index is 1.03. The summed E-state index contributed by atoms with van der Waals surface area (Å²) in [6.07, 6.45) is 0. The van der Waals surface area contributed by atoms with Crippen LogP contribution in [0.3, 0.4) is 0 Å². The summed E-state index contributed by atoms with van der Waals surface area (Å²) >= 11 is 0. The van der Waals surface area contributed by atoms with E-state index in [1.807, 2.05) is 30.3 Å². The molecule has 0 amide bonds. The van der Waals surface area contributed by atoms with Gasteiger partial charge in [0.25, 0.3) is 0 Å². The number of fused-ring (bicyclic) bond motifs is 7. The van der Waals surface area contributed by atoms with Crippen LogP contribution >= 0.6 is 0 Å². The van der Waals surface area contributed by atoms with E-state index in [1.165, 1.54) is 43.4 Å². The number of rotatable bonds is 0. The molecule has 0 N–H and O–H groups in total. The minimum atomic E-state index is 1.03. The molecule has 140 valence electrons. The van der Waals surface area contributed by atoms with Crippen LogP contribution in [0.4, 0.5) is 0 Å². The Hall–Kier alpha value is -4.02. The molecule has 0 saturated heterocycles. The van der Waals surface area contributed by atoms with Gasteiger partial charge in [0.1, 0.15) is 0 Å². The summed E-state index contributed by atoms with van der Waals surface area (Å²) in [5, 5.41) is 7.74. The Labute approximate surface area is 175 Å². The summed E-state index contributed by atoms with van der Waals surface area (Å²) < 4.78 is 2.31. The van der Waals surface area contributed by atoms with Crippen molar-refractivity contribution >= 4 is 43.4 Å². The van der Waals surface area contributed by atoms with Gasteiger partial charge in [-0.05, 0) is 40.4 Å². The molecule has 0 unspecified atom stereocenters. The van der Waals surface area contributed by atoms with E-state index in [4.69, 9.17) is 0 Å². The van der Waals surface area contributed by atoms with Gasteiger partial charge in [-0.15, -0.1) is 0 Å². The standard InChI is InChI=1S/C29H19N/c1-30-28-19-21(12-11-20-7-3-2-4-8-20)13-15-25(28)27-18-17-24-23-10-6-5-9-22(23)14-16-26(24)29(27)30/h2-10,13-19H,1H3. The van der Waals surface area contributed by atoms with Gasteiger partial charge in [-0.1, -0.05) is 84.6 Å². The van der Waals surface area contributed by atoms with Crippen molar-refractivity contribution in [1.29, 1.82) is 0 Å². The third kappa shape index (κ3) is 2.51. The fourth-order valence-corrected chi connectivity index (χ4v) is 4.55. The minimum Gasteiger partial charge on any atom is -0.343 e. The molecule has 0 aliphatic carbocycles. The molecular weight excluding hydrogens is 362 g/mol. The van der Waals surface area contributed by atoms with E-state index in [0.717, 1.165) is 11.1 Å². The van der Waals surface area contributed by atoms with Crippen LogP contribution in [0.15, 0.2) is 97.1 Å².